The van der Waals surface area contributed by atoms with Gasteiger partial charge in [-0.15, -0.1) is 0 Å². The molecule has 2 aromatic heterocycles. The Bertz CT molecular complexity index is 476. The second kappa shape index (κ2) is 4.15. The monoisotopic (exact) mass is 221 g/mol. The molecule has 0 spiro atoms. The molecular weight excluding hydrogens is 210 g/mol. The lowest BCUT2D eigenvalue weighted by molar-refractivity contribution is -0.138. The summed E-state index contributed by atoms with van der Waals surface area (Å²) in [5.41, 5.74) is 6.07. The highest BCUT2D eigenvalue weighted by atomic mass is 16.4. The first-order valence-corrected chi connectivity index (χ1v) is 4.69. The minimum absolute atomic E-state index is 0.211. The standard InChI is InChI=1S/C9H11N5O2/c10-6(9(15)16)3-5-4-13-8(14-5)7-11-1-2-12-7/h1-2,4,6H,3,10H2,(H,11,12)(H,13,14)(H,15,16)/t6-/m0/s1. The number of hydrogen-bond donors (Lipinski definition) is 4. The number of aromatic amines is 2. The zero-order valence-electron chi connectivity index (χ0n) is 8.34. The van der Waals surface area contributed by atoms with Crippen LogP contribution in [0.15, 0.2) is 18.6 Å². The highest BCUT2D eigenvalue weighted by Gasteiger charge is 2.14. The normalized spacial score (nSPS) is 12.6. The number of carbonyl (C=O) groups is 1. The molecule has 16 heavy (non-hydrogen) atoms. The number of aliphatic carboxylic acids is 1. The van der Waals surface area contributed by atoms with E-state index < -0.39 is 12.0 Å². The van der Waals surface area contributed by atoms with Crippen molar-refractivity contribution in [3.8, 4) is 11.6 Å². The van der Waals surface area contributed by atoms with Crippen molar-refractivity contribution < 1.29 is 9.90 Å². The minimum atomic E-state index is -1.03. The van der Waals surface area contributed by atoms with Gasteiger partial charge in [0.15, 0.2) is 11.6 Å². The molecule has 0 aliphatic heterocycles. The molecule has 84 valence electrons. The molecule has 7 heteroatoms. The van der Waals surface area contributed by atoms with Crippen molar-refractivity contribution in [2.75, 3.05) is 0 Å². The molecule has 0 radical (unpaired) electrons. The summed E-state index contributed by atoms with van der Waals surface area (Å²) in [4.78, 5) is 24.5. The number of carboxylic acids is 1. The minimum Gasteiger partial charge on any atom is -0.480 e. The van der Waals surface area contributed by atoms with E-state index in [1.807, 2.05) is 0 Å². The van der Waals surface area contributed by atoms with Gasteiger partial charge in [0, 0.05) is 30.7 Å². The van der Waals surface area contributed by atoms with Crippen molar-refractivity contribution >= 4 is 5.97 Å². The summed E-state index contributed by atoms with van der Waals surface area (Å²) in [7, 11) is 0. The SMILES string of the molecule is N[C@@H](Cc1cnc(-c2ncc[nH]2)[nH]1)C(=O)O. The molecule has 0 aromatic carbocycles. The summed E-state index contributed by atoms with van der Waals surface area (Å²) in [6, 6.07) is -0.926. The van der Waals surface area contributed by atoms with Crippen LogP contribution in [0.1, 0.15) is 5.69 Å². The first-order valence-electron chi connectivity index (χ1n) is 4.69. The molecule has 0 unspecified atom stereocenters. The summed E-state index contributed by atoms with van der Waals surface area (Å²) >= 11 is 0. The summed E-state index contributed by atoms with van der Waals surface area (Å²) in [6.07, 6.45) is 5.06. The Hall–Kier alpha value is -2.15. The van der Waals surface area contributed by atoms with E-state index in [2.05, 4.69) is 19.9 Å². The third-order valence-electron chi connectivity index (χ3n) is 2.11. The van der Waals surface area contributed by atoms with E-state index in [-0.39, 0.29) is 6.42 Å². The molecule has 0 aliphatic rings. The average Bonchev–Trinajstić information content (AvgIpc) is 2.85. The van der Waals surface area contributed by atoms with Gasteiger partial charge in [-0.05, 0) is 0 Å². The Kier molecular flexibility index (Phi) is 2.69. The van der Waals surface area contributed by atoms with Gasteiger partial charge in [0.2, 0.25) is 0 Å². The van der Waals surface area contributed by atoms with E-state index in [9.17, 15) is 4.79 Å². The molecule has 0 fully saturated rings. The van der Waals surface area contributed by atoms with E-state index >= 15 is 0 Å². The number of nitrogens with zero attached hydrogens (tertiary/aromatic N) is 2. The highest BCUT2D eigenvalue weighted by Crippen LogP contribution is 2.10. The van der Waals surface area contributed by atoms with Crippen LogP contribution in [0.4, 0.5) is 0 Å². The summed E-state index contributed by atoms with van der Waals surface area (Å²) in [6.45, 7) is 0. The van der Waals surface area contributed by atoms with Gasteiger partial charge in [0.05, 0.1) is 0 Å². The Morgan fingerprint density at radius 1 is 1.50 bits per heavy atom. The third kappa shape index (κ3) is 2.09. The van der Waals surface area contributed by atoms with Crippen molar-refractivity contribution in [2.24, 2.45) is 5.73 Å². The van der Waals surface area contributed by atoms with E-state index in [0.717, 1.165) is 0 Å². The first-order chi connectivity index (χ1) is 7.66. The second-order valence-corrected chi connectivity index (χ2v) is 3.34. The molecule has 2 rings (SSSR count). The number of carboxylic acid groups (broad SMARTS) is 1. The maximum absolute atomic E-state index is 10.6. The lowest BCUT2D eigenvalue weighted by Gasteiger charge is -2.02. The molecule has 5 N–H and O–H groups in total. The number of imidazole rings is 2. The second-order valence-electron chi connectivity index (χ2n) is 3.34. The molecule has 2 heterocycles. The maximum atomic E-state index is 10.6. The number of H-pyrrole nitrogens is 2. The maximum Gasteiger partial charge on any atom is 0.320 e. The molecule has 2 aromatic rings. The van der Waals surface area contributed by atoms with Crippen molar-refractivity contribution in [3.63, 3.8) is 0 Å². The molecular formula is C9H11N5O2. The van der Waals surface area contributed by atoms with E-state index in [1.54, 1.807) is 18.6 Å². The van der Waals surface area contributed by atoms with Crippen LogP contribution in [0.25, 0.3) is 11.6 Å². The molecule has 0 saturated carbocycles. The molecule has 0 amide bonds. The lowest BCUT2D eigenvalue weighted by atomic mass is 10.2. The zero-order valence-corrected chi connectivity index (χ0v) is 8.34. The van der Waals surface area contributed by atoms with Gasteiger partial charge in [-0.2, -0.15) is 0 Å². The predicted octanol–water partition coefficient (Wildman–Crippen LogP) is -0.246. The van der Waals surface area contributed by atoms with Gasteiger partial charge in [0.25, 0.3) is 0 Å². The van der Waals surface area contributed by atoms with Crippen LogP contribution >= 0.6 is 0 Å². The van der Waals surface area contributed by atoms with Gasteiger partial charge in [-0.3, -0.25) is 4.79 Å². The molecule has 0 bridgehead atoms. The van der Waals surface area contributed by atoms with E-state index in [4.69, 9.17) is 10.8 Å². The third-order valence-corrected chi connectivity index (χ3v) is 2.11. The van der Waals surface area contributed by atoms with Crippen LogP contribution in [0.3, 0.4) is 0 Å². The quantitative estimate of drug-likeness (QED) is 0.567. The fourth-order valence-electron chi connectivity index (χ4n) is 1.30. The van der Waals surface area contributed by atoms with E-state index in [1.165, 1.54) is 0 Å². The van der Waals surface area contributed by atoms with Crippen LogP contribution in [0, 0.1) is 0 Å². The number of aromatic nitrogens is 4. The Balaban J connectivity index is 2.11. The molecule has 0 saturated heterocycles. The summed E-state index contributed by atoms with van der Waals surface area (Å²) < 4.78 is 0. The smallest absolute Gasteiger partial charge is 0.320 e. The lowest BCUT2D eigenvalue weighted by Crippen LogP contribution is -2.32. The van der Waals surface area contributed by atoms with Crippen LogP contribution in [0.5, 0.6) is 0 Å². The zero-order chi connectivity index (χ0) is 11.5. The Labute approximate surface area is 90.7 Å². The van der Waals surface area contributed by atoms with Crippen LogP contribution in [-0.2, 0) is 11.2 Å². The van der Waals surface area contributed by atoms with Crippen LogP contribution in [0.2, 0.25) is 0 Å². The first kappa shape index (κ1) is 10.4. The van der Waals surface area contributed by atoms with Gasteiger partial charge in [-0.25, -0.2) is 9.97 Å². The van der Waals surface area contributed by atoms with Gasteiger partial charge >= 0.3 is 5.97 Å². The van der Waals surface area contributed by atoms with Gasteiger partial charge in [0.1, 0.15) is 6.04 Å². The van der Waals surface area contributed by atoms with E-state index in [0.29, 0.717) is 17.3 Å². The molecule has 0 aliphatic carbocycles. The summed E-state index contributed by atoms with van der Waals surface area (Å²) in [5.74, 6) is 0.141. The van der Waals surface area contributed by atoms with Crippen molar-refractivity contribution in [2.45, 2.75) is 12.5 Å². The number of hydrogen-bond acceptors (Lipinski definition) is 4. The molecule has 7 nitrogen and oxygen atoms in total. The fourth-order valence-corrected chi connectivity index (χ4v) is 1.30. The van der Waals surface area contributed by atoms with Crippen molar-refractivity contribution in [3.05, 3.63) is 24.3 Å². The Morgan fingerprint density at radius 3 is 2.94 bits per heavy atom. The van der Waals surface area contributed by atoms with Crippen molar-refractivity contribution in [1.29, 1.82) is 0 Å². The highest BCUT2D eigenvalue weighted by molar-refractivity contribution is 5.73. The largest absolute Gasteiger partial charge is 0.480 e. The van der Waals surface area contributed by atoms with Crippen molar-refractivity contribution in [1.82, 2.24) is 19.9 Å². The van der Waals surface area contributed by atoms with Gasteiger partial charge in [-0.1, -0.05) is 0 Å². The number of rotatable bonds is 4. The molecule has 1 atom stereocenters. The average molecular weight is 221 g/mol. The predicted molar refractivity (Wildman–Crippen MR) is 55.5 cm³/mol. The number of nitrogens with one attached hydrogen (secondary N) is 2. The topological polar surface area (TPSA) is 121 Å². The number of nitrogens with two attached hydrogens (primary N) is 1. The van der Waals surface area contributed by atoms with Crippen LogP contribution in [-0.4, -0.2) is 37.1 Å². The Morgan fingerprint density at radius 2 is 2.31 bits per heavy atom. The van der Waals surface area contributed by atoms with Crippen LogP contribution < -0.4 is 5.73 Å². The summed E-state index contributed by atoms with van der Waals surface area (Å²) in [5, 5.41) is 8.66. The van der Waals surface area contributed by atoms with Gasteiger partial charge < -0.3 is 20.8 Å². The fraction of sp³-hybridized carbons (Fsp3) is 0.222.